The van der Waals surface area contributed by atoms with Crippen molar-refractivity contribution < 1.29 is 18.6 Å². The SMILES string of the molecule is CCOc1c(OC)cc(CNC(=NC)NCc2ncc(C(C)(C)C)o2)cc1OC.I. The number of halogens is 1. The quantitative estimate of drug-likeness (QED) is 0.303. The number of oxazole rings is 1. The van der Waals surface area contributed by atoms with E-state index in [0.717, 1.165) is 11.3 Å². The average Bonchev–Trinajstić information content (AvgIpc) is 3.18. The van der Waals surface area contributed by atoms with Crippen LogP contribution in [0, 0.1) is 0 Å². The fourth-order valence-corrected chi connectivity index (χ4v) is 2.63. The van der Waals surface area contributed by atoms with Gasteiger partial charge in [0.15, 0.2) is 17.5 Å². The number of guanidine groups is 1. The molecule has 0 unspecified atom stereocenters. The summed E-state index contributed by atoms with van der Waals surface area (Å²) in [4.78, 5) is 8.56. The first-order chi connectivity index (χ1) is 13.8. The molecule has 0 aliphatic heterocycles. The summed E-state index contributed by atoms with van der Waals surface area (Å²) in [5.74, 6) is 3.95. The summed E-state index contributed by atoms with van der Waals surface area (Å²) in [5, 5.41) is 6.47. The van der Waals surface area contributed by atoms with Gasteiger partial charge in [-0.05, 0) is 24.6 Å². The lowest BCUT2D eigenvalue weighted by molar-refractivity contribution is 0.288. The average molecular weight is 532 g/mol. The maximum absolute atomic E-state index is 5.80. The summed E-state index contributed by atoms with van der Waals surface area (Å²) >= 11 is 0. The van der Waals surface area contributed by atoms with Gasteiger partial charge in [0.25, 0.3) is 0 Å². The van der Waals surface area contributed by atoms with E-state index < -0.39 is 0 Å². The Morgan fingerprint density at radius 3 is 2.17 bits per heavy atom. The van der Waals surface area contributed by atoms with Crippen LogP contribution in [-0.2, 0) is 18.5 Å². The monoisotopic (exact) mass is 532 g/mol. The molecule has 0 bridgehead atoms. The van der Waals surface area contributed by atoms with Crippen LogP contribution in [0.2, 0.25) is 0 Å². The summed E-state index contributed by atoms with van der Waals surface area (Å²) in [5.41, 5.74) is 0.896. The van der Waals surface area contributed by atoms with Gasteiger partial charge >= 0.3 is 0 Å². The Bertz CT molecular complexity index is 806. The first-order valence-corrected chi connectivity index (χ1v) is 9.59. The molecular weight excluding hydrogens is 499 g/mol. The third-order valence-electron chi connectivity index (χ3n) is 4.19. The van der Waals surface area contributed by atoms with Gasteiger partial charge in [-0.3, -0.25) is 4.99 Å². The lowest BCUT2D eigenvalue weighted by atomic mass is 9.94. The smallest absolute Gasteiger partial charge is 0.213 e. The molecule has 0 spiro atoms. The Morgan fingerprint density at radius 1 is 1.10 bits per heavy atom. The molecule has 0 aliphatic rings. The van der Waals surface area contributed by atoms with Gasteiger partial charge < -0.3 is 29.3 Å². The van der Waals surface area contributed by atoms with Gasteiger partial charge in [0.1, 0.15) is 5.76 Å². The highest BCUT2D eigenvalue weighted by Crippen LogP contribution is 2.38. The number of aromatic nitrogens is 1. The molecule has 2 aromatic rings. The number of hydrogen-bond acceptors (Lipinski definition) is 6. The molecule has 2 rings (SSSR count). The maximum Gasteiger partial charge on any atom is 0.213 e. The molecule has 0 atom stereocenters. The van der Waals surface area contributed by atoms with Crippen molar-refractivity contribution in [3.63, 3.8) is 0 Å². The summed E-state index contributed by atoms with van der Waals surface area (Å²) in [6.07, 6.45) is 1.77. The topological polar surface area (TPSA) is 90.1 Å². The van der Waals surface area contributed by atoms with Gasteiger partial charge in [-0.15, -0.1) is 24.0 Å². The van der Waals surface area contributed by atoms with Crippen molar-refractivity contribution in [1.82, 2.24) is 15.6 Å². The number of aliphatic imine (C=N–C) groups is 1. The number of nitrogens with one attached hydrogen (secondary N) is 2. The zero-order valence-corrected chi connectivity index (χ0v) is 21.1. The molecule has 0 saturated heterocycles. The number of nitrogens with zero attached hydrogens (tertiary/aromatic N) is 2. The number of methoxy groups -OCH3 is 2. The van der Waals surface area contributed by atoms with Crippen LogP contribution < -0.4 is 24.8 Å². The molecule has 30 heavy (non-hydrogen) atoms. The summed E-state index contributed by atoms with van der Waals surface area (Å²) in [6, 6.07) is 3.83. The molecule has 1 aromatic carbocycles. The second kappa shape index (κ2) is 11.9. The van der Waals surface area contributed by atoms with E-state index in [0.29, 0.717) is 48.8 Å². The van der Waals surface area contributed by atoms with E-state index in [4.69, 9.17) is 18.6 Å². The highest BCUT2D eigenvalue weighted by Gasteiger charge is 2.19. The normalized spacial score (nSPS) is 11.5. The molecule has 0 fully saturated rings. The molecule has 168 valence electrons. The van der Waals surface area contributed by atoms with Gasteiger partial charge in [-0.1, -0.05) is 20.8 Å². The predicted molar refractivity (Wildman–Crippen MR) is 128 cm³/mol. The van der Waals surface area contributed by atoms with Crippen molar-refractivity contribution in [2.24, 2.45) is 4.99 Å². The number of benzene rings is 1. The van der Waals surface area contributed by atoms with Crippen molar-refractivity contribution in [3.05, 3.63) is 35.5 Å². The fourth-order valence-electron chi connectivity index (χ4n) is 2.63. The molecule has 0 saturated carbocycles. The third kappa shape index (κ3) is 6.96. The van der Waals surface area contributed by atoms with Crippen LogP contribution in [0.3, 0.4) is 0 Å². The van der Waals surface area contributed by atoms with Crippen LogP contribution in [0.1, 0.15) is 44.9 Å². The van der Waals surface area contributed by atoms with Crippen molar-refractivity contribution in [1.29, 1.82) is 0 Å². The van der Waals surface area contributed by atoms with Crippen LogP contribution in [-0.4, -0.2) is 38.8 Å². The maximum atomic E-state index is 5.80. The van der Waals surface area contributed by atoms with Gasteiger partial charge in [0.2, 0.25) is 11.6 Å². The fraction of sp³-hybridized carbons (Fsp3) is 0.524. The number of ether oxygens (including phenoxy) is 3. The highest BCUT2D eigenvalue weighted by molar-refractivity contribution is 14.0. The minimum absolute atomic E-state index is 0. The van der Waals surface area contributed by atoms with Crippen molar-refractivity contribution in [2.45, 2.75) is 46.2 Å². The number of rotatable bonds is 8. The van der Waals surface area contributed by atoms with Crippen LogP contribution >= 0.6 is 24.0 Å². The Morgan fingerprint density at radius 2 is 1.70 bits per heavy atom. The van der Waals surface area contributed by atoms with E-state index in [-0.39, 0.29) is 29.4 Å². The Labute approximate surface area is 195 Å². The molecule has 9 heteroatoms. The molecule has 0 radical (unpaired) electrons. The standard InChI is InChI=1S/C21H32N4O4.HI/c1-8-28-19-15(26-6)9-14(10-16(19)27-7)11-24-20(22-5)25-13-18-23-12-17(29-18)21(2,3)4;/h9-10,12H,8,11,13H2,1-7H3,(H2,22,24,25);1H. The summed E-state index contributed by atoms with van der Waals surface area (Å²) in [6.45, 7) is 9.67. The molecule has 1 heterocycles. The first-order valence-electron chi connectivity index (χ1n) is 9.59. The zero-order chi connectivity index (χ0) is 21.4. The minimum Gasteiger partial charge on any atom is -0.493 e. The second-order valence-corrected chi connectivity index (χ2v) is 7.41. The van der Waals surface area contributed by atoms with Crippen LogP contribution in [0.5, 0.6) is 17.2 Å². The summed E-state index contributed by atoms with van der Waals surface area (Å²) in [7, 11) is 4.93. The van der Waals surface area contributed by atoms with E-state index >= 15 is 0 Å². The van der Waals surface area contributed by atoms with E-state index in [1.54, 1.807) is 27.5 Å². The van der Waals surface area contributed by atoms with E-state index in [1.807, 2.05) is 19.1 Å². The number of hydrogen-bond donors (Lipinski definition) is 2. The third-order valence-corrected chi connectivity index (χ3v) is 4.19. The van der Waals surface area contributed by atoms with Gasteiger partial charge in [-0.2, -0.15) is 0 Å². The molecule has 2 N–H and O–H groups in total. The van der Waals surface area contributed by atoms with E-state index in [2.05, 4.69) is 41.4 Å². The first kappa shape index (κ1) is 25.9. The van der Waals surface area contributed by atoms with Crippen LogP contribution in [0.4, 0.5) is 0 Å². The Hall–Kier alpha value is -2.17. The van der Waals surface area contributed by atoms with E-state index in [9.17, 15) is 0 Å². The summed E-state index contributed by atoms with van der Waals surface area (Å²) < 4.78 is 22.3. The van der Waals surface area contributed by atoms with Crippen LogP contribution in [0.25, 0.3) is 0 Å². The van der Waals surface area contributed by atoms with E-state index in [1.165, 1.54) is 0 Å². The van der Waals surface area contributed by atoms with Crippen molar-refractivity contribution in [2.75, 3.05) is 27.9 Å². The zero-order valence-electron chi connectivity index (χ0n) is 18.8. The Kier molecular flexibility index (Phi) is 10.2. The molecule has 0 amide bonds. The highest BCUT2D eigenvalue weighted by atomic mass is 127. The minimum atomic E-state index is -0.0725. The molecule has 8 nitrogen and oxygen atoms in total. The van der Waals surface area contributed by atoms with Crippen molar-refractivity contribution >= 4 is 29.9 Å². The molecule has 0 aliphatic carbocycles. The predicted octanol–water partition coefficient (Wildman–Crippen LogP) is 3.87. The van der Waals surface area contributed by atoms with Gasteiger partial charge in [-0.25, -0.2) is 4.98 Å². The second-order valence-electron chi connectivity index (χ2n) is 7.41. The lowest BCUT2D eigenvalue weighted by Gasteiger charge is -2.16. The van der Waals surface area contributed by atoms with Crippen molar-refractivity contribution in [3.8, 4) is 17.2 Å². The molecular formula is C21H33IN4O4. The lowest BCUT2D eigenvalue weighted by Crippen LogP contribution is -2.36. The largest absolute Gasteiger partial charge is 0.493 e. The molecule has 1 aromatic heterocycles. The van der Waals surface area contributed by atoms with Gasteiger partial charge in [0, 0.05) is 19.0 Å². The van der Waals surface area contributed by atoms with Crippen LogP contribution in [0.15, 0.2) is 27.7 Å². The van der Waals surface area contributed by atoms with Gasteiger partial charge in [0.05, 0.1) is 33.6 Å². The Balaban J connectivity index is 0.00000450.